The van der Waals surface area contributed by atoms with Gasteiger partial charge in [-0.2, -0.15) is 15.0 Å². The molecule has 1 fully saturated rings. The van der Waals surface area contributed by atoms with E-state index in [1.807, 2.05) is 37.3 Å². The summed E-state index contributed by atoms with van der Waals surface area (Å²) in [4.78, 5) is 37.5. The number of amides is 2. The molecule has 170 valence electrons. The molecule has 33 heavy (non-hydrogen) atoms. The molecular weight excluding hydrogens is 438 g/mol. The Morgan fingerprint density at radius 2 is 1.82 bits per heavy atom. The van der Waals surface area contributed by atoms with Crippen molar-refractivity contribution in [1.29, 1.82) is 0 Å². The molecule has 1 aliphatic carbocycles. The largest absolute Gasteiger partial charge is 0.368 e. The van der Waals surface area contributed by atoms with Crippen molar-refractivity contribution in [2.75, 3.05) is 22.1 Å². The number of carbonyl (C=O) groups is 2. The van der Waals surface area contributed by atoms with Gasteiger partial charge in [-0.3, -0.25) is 9.59 Å². The second kappa shape index (κ2) is 10.3. The molecule has 2 aromatic carbocycles. The Balaban J connectivity index is 1.32. The third kappa shape index (κ3) is 6.66. The lowest BCUT2D eigenvalue weighted by Crippen LogP contribution is -2.25. The maximum absolute atomic E-state index is 12.5. The molecule has 1 aromatic heterocycles. The number of aromatic nitrogens is 3. The van der Waals surface area contributed by atoms with E-state index in [0.29, 0.717) is 23.0 Å². The fourth-order valence-corrected chi connectivity index (χ4v) is 3.73. The third-order valence-corrected chi connectivity index (χ3v) is 5.99. The minimum atomic E-state index is -0.187. The minimum Gasteiger partial charge on any atom is -0.368 e. The van der Waals surface area contributed by atoms with Gasteiger partial charge in [-0.1, -0.05) is 24.3 Å². The standard InChI is InChI=1S/C23H25N7O2S/c1-14(20-28-22(24)30-23(29-20)27-16-7-3-2-4-8-16)33-13-19(31)25-18-9-5-6-15(12-18)21(32)26-17-10-11-17/h2-9,12,14,17H,10-11,13H2,1H3,(H,25,31)(H,26,32)(H3,24,27,28,29,30)/t14-/m1/s1. The van der Waals surface area contributed by atoms with Crippen LogP contribution >= 0.6 is 11.8 Å². The van der Waals surface area contributed by atoms with Crippen LogP contribution in [0.15, 0.2) is 54.6 Å². The van der Waals surface area contributed by atoms with E-state index in [1.165, 1.54) is 11.8 Å². The molecule has 0 spiro atoms. The van der Waals surface area contributed by atoms with Gasteiger partial charge in [0, 0.05) is 23.0 Å². The molecule has 4 rings (SSSR count). The van der Waals surface area contributed by atoms with Gasteiger partial charge in [0.25, 0.3) is 5.91 Å². The molecule has 10 heteroatoms. The maximum atomic E-state index is 12.5. The van der Waals surface area contributed by atoms with E-state index >= 15 is 0 Å². The lowest BCUT2D eigenvalue weighted by molar-refractivity contribution is -0.113. The van der Waals surface area contributed by atoms with Gasteiger partial charge < -0.3 is 21.7 Å². The van der Waals surface area contributed by atoms with Crippen LogP contribution in [-0.2, 0) is 4.79 Å². The molecule has 2 amide bonds. The van der Waals surface area contributed by atoms with Crippen LogP contribution in [0.2, 0.25) is 0 Å². The summed E-state index contributed by atoms with van der Waals surface area (Å²) in [5.41, 5.74) is 7.80. The maximum Gasteiger partial charge on any atom is 0.251 e. The molecule has 1 saturated carbocycles. The number of para-hydroxylation sites is 1. The molecule has 0 bridgehead atoms. The van der Waals surface area contributed by atoms with Gasteiger partial charge in [-0.25, -0.2) is 0 Å². The van der Waals surface area contributed by atoms with Gasteiger partial charge in [0.2, 0.25) is 17.8 Å². The Labute approximate surface area is 196 Å². The fourth-order valence-electron chi connectivity index (χ4n) is 3.00. The van der Waals surface area contributed by atoms with Gasteiger partial charge in [-0.05, 0) is 50.1 Å². The Hall–Kier alpha value is -3.66. The van der Waals surface area contributed by atoms with E-state index in [2.05, 4.69) is 30.9 Å². The number of nitrogen functional groups attached to an aromatic ring is 1. The number of rotatable bonds is 9. The zero-order chi connectivity index (χ0) is 23.2. The Morgan fingerprint density at radius 1 is 1.06 bits per heavy atom. The van der Waals surface area contributed by atoms with Crippen molar-refractivity contribution in [3.63, 3.8) is 0 Å². The first kappa shape index (κ1) is 22.5. The van der Waals surface area contributed by atoms with Crippen molar-refractivity contribution in [3.8, 4) is 0 Å². The molecular formula is C23H25N7O2S. The smallest absolute Gasteiger partial charge is 0.251 e. The molecule has 5 N–H and O–H groups in total. The Kier molecular flexibility index (Phi) is 7.04. The highest BCUT2D eigenvalue weighted by molar-refractivity contribution is 8.00. The molecule has 0 saturated heterocycles. The first-order valence-electron chi connectivity index (χ1n) is 10.6. The quantitative estimate of drug-likeness (QED) is 0.379. The number of nitrogens with two attached hydrogens (primary N) is 1. The van der Waals surface area contributed by atoms with E-state index in [-0.39, 0.29) is 34.8 Å². The molecule has 0 aliphatic heterocycles. The number of hydrogen-bond acceptors (Lipinski definition) is 8. The van der Waals surface area contributed by atoms with Crippen LogP contribution < -0.4 is 21.7 Å². The van der Waals surface area contributed by atoms with Gasteiger partial charge in [0.1, 0.15) is 5.82 Å². The zero-order valence-electron chi connectivity index (χ0n) is 18.1. The first-order valence-corrected chi connectivity index (χ1v) is 11.7. The van der Waals surface area contributed by atoms with Crippen LogP contribution in [-0.4, -0.2) is 38.6 Å². The van der Waals surface area contributed by atoms with E-state index in [1.54, 1.807) is 24.3 Å². The van der Waals surface area contributed by atoms with E-state index < -0.39 is 0 Å². The Morgan fingerprint density at radius 3 is 2.58 bits per heavy atom. The molecule has 1 aliphatic rings. The highest BCUT2D eigenvalue weighted by atomic mass is 32.2. The number of nitrogens with one attached hydrogen (secondary N) is 3. The van der Waals surface area contributed by atoms with Gasteiger partial charge >= 0.3 is 0 Å². The first-order chi connectivity index (χ1) is 16.0. The minimum absolute atomic E-state index is 0.108. The number of nitrogens with zero attached hydrogens (tertiary/aromatic N) is 3. The summed E-state index contributed by atoms with van der Waals surface area (Å²) in [5.74, 6) is 0.823. The van der Waals surface area contributed by atoms with E-state index in [0.717, 1.165) is 18.5 Å². The number of carbonyl (C=O) groups excluding carboxylic acids is 2. The summed E-state index contributed by atoms with van der Waals surface area (Å²) < 4.78 is 0. The topological polar surface area (TPSA) is 135 Å². The average molecular weight is 464 g/mol. The zero-order valence-corrected chi connectivity index (χ0v) is 18.9. The van der Waals surface area contributed by atoms with Crippen LogP contribution in [0, 0.1) is 0 Å². The number of thioether (sulfide) groups is 1. The van der Waals surface area contributed by atoms with Crippen LogP contribution in [0.5, 0.6) is 0 Å². The van der Waals surface area contributed by atoms with Crippen LogP contribution in [0.1, 0.15) is 41.2 Å². The summed E-state index contributed by atoms with van der Waals surface area (Å²) in [6, 6.07) is 16.7. The Bertz CT molecular complexity index is 1140. The van der Waals surface area contributed by atoms with E-state index in [4.69, 9.17) is 5.73 Å². The predicted molar refractivity (Wildman–Crippen MR) is 130 cm³/mol. The molecule has 0 unspecified atom stereocenters. The van der Waals surface area contributed by atoms with Crippen LogP contribution in [0.25, 0.3) is 0 Å². The lowest BCUT2D eigenvalue weighted by Gasteiger charge is -2.13. The van der Waals surface area contributed by atoms with Crippen molar-refractivity contribution in [2.24, 2.45) is 0 Å². The van der Waals surface area contributed by atoms with Crippen molar-refractivity contribution in [2.45, 2.75) is 31.1 Å². The average Bonchev–Trinajstić information content (AvgIpc) is 3.62. The summed E-state index contributed by atoms with van der Waals surface area (Å²) in [6.07, 6.45) is 2.04. The normalized spacial score (nSPS) is 13.7. The number of hydrogen-bond donors (Lipinski definition) is 4. The number of anilines is 4. The van der Waals surface area contributed by atoms with Gasteiger partial charge in [0.15, 0.2) is 0 Å². The third-order valence-electron chi connectivity index (χ3n) is 4.85. The fraction of sp³-hybridized carbons (Fsp3) is 0.261. The monoisotopic (exact) mass is 463 g/mol. The van der Waals surface area contributed by atoms with Gasteiger partial charge in [-0.15, -0.1) is 11.8 Å². The molecule has 9 nitrogen and oxygen atoms in total. The summed E-state index contributed by atoms with van der Waals surface area (Å²) in [7, 11) is 0. The highest BCUT2D eigenvalue weighted by Gasteiger charge is 2.24. The van der Waals surface area contributed by atoms with Crippen molar-refractivity contribution in [1.82, 2.24) is 20.3 Å². The van der Waals surface area contributed by atoms with Crippen molar-refractivity contribution >= 4 is 46.8 Å². The second-order valence-electron chi connectivity index (χ2n) is 7.70. The van der Waals surface area contributed by atoms with E-state index in [9.17, 15) is 9.59 Å². The summed E-state index contributed by atoms with van der Waals surface area (Å²) in [5, 5.41) is 8.70. The van der Waals surface area contributed by atoms with Crippen LogP contribution in [0.3, 0.4) is 0 Å². The molecule has 1 atom stereocenters. The molecule has 1 heterocycles. The predicted octanol–water partition coefficient (Wildman–Crippen LogP) is 3.52. The number of benzene rings is 2. The second-order valence-corrected chi connectivity index (χ2v) is 9.03. The summed E-state index contributed by atoms with van der Waals surface area (Å²) in [6.45, 7) is 1.90. The lowest BCUT2D eigenvalue weighted by atomic mass is 10.2. The molecule has 0 radical (unpaired) electrons. The van der Waals surface area contributed by atoms with Crippen LogP contribution in [0.4, 0.5) is 23.3 Å². The summed E-state index contributed by atoms with van der Waals surface area (Å²) >= 11 is 1.38. The highest BCUT2D eigenvalue weighted by Crippen LogP contribution is 2.27. The van der Waals surface area contributed by atoms with Crippen molar-refractivity contribution < 1.29 is 9.59 Å². The SMILES string of the molecule is C[C@@H](SCC(=O)Nc1cccc(C(=O)NC2CC2)c1)c1nc(N)nc(Nc2ccccc2)n1. The molecule has 3 aromatic rings. The van der Waals surface area contributed by atoms with Crippen molar-refractivity contribution in [3.05, 3.63) is 66.0 Å². The van der Waals surface area contributed by atoms with Gasteiger partial charge in [0.05, 0.1) is 11.0 Å².